The number of aromatic amines is 1. The highest BCUT2D eigenvalue weighted by molar-refractivity contribution is 5.85. The van der Waals surface area contributed by atoms with Crippen LogP contribution in [-0.2, 0) is 16.0 Å². The van der Waals surface area contributed by atoms with Crippen LogP contribution < -0.4 is 5.32 Å². The maximum absolute atomic E-state index is 12.6. The molecule has 0 saturated carbocycles. The van der Waals surface area contributed by atoms with Gasteiger partial charge in [-0.2, -0.15) is 0 Å². The molecule has 1 unspecified atom stereocenters. The molecule has 0 spiro atoms. The Balaban J connectivity index is 1.48. The van der Waals surface area contributed by atoms with Gasteiger partial charge in [-0.15, -0.1) is 0 Å². The van der Waals surface area contributed by atoms with Crippen LogP contribution in [0.25, 0.3) is 10.9 Å². The number of benzene rings is 1. The number of nitrogens with zero attached hydrogens (tertiary/aromatic N) is 2. The van der Waals surface area contributed by atoms with Crippen molar-refractivity contribution in [3.8, 4) is 0 Å². The third-order valence-corrected chi connectivity index (χ3v) is 5.41. The lowest BCUT2D eigenvalue weighted by molar-refractivity contribution is -0.140. The molecule has 29 heavy (non-hydrogen) atoms. The lowest BCUT2D eigenvalue weighted by atomic mass is 10.1. The quantitative estimate of drug-likeness (QED) is 0.690. The highest BCUT2D eigenvalue weighted by atomic mass is 16.4. The SMILES string of the molecule is CC(C)C(NC(=O)N1CCN(C(=O)CCc2c[nH]c3ccccc23)CC1)C(=O)O. The van der Waals surface area contributed by atoms with Gasteiger partial charge in [-0.25, -0.2) is 9.59 Å². The topological polar surface area (TPSA) is 106 Å². The summed E-state index contributed by atoms with van der Waals surface area (Å²) in [4.78, 5) is 42.8. The average Bonchev–Trinajstić information content (AvgIpc) is 3.12. The number of para-hydroxylation sites is 1. The van der Waals surface area contributed by atoms with Gasteiger partial charge in [0.1, 0.15) is 6.04 Å². The van der Waals surface area contributed by atoms with Crippen molar-refractivity contribution in [3.63, 3.8) is 0 Å². The summed E-state index contributed by atoms with van der Waals surface area (Å²) in [7, 11) is 0. The van der Waals surface area contributed by atoms with Crippen LogP contribution >= 0.6 is 0 Å². The fourth-order valence-electron chi connectivity index (χ4n) is 3.63. The van der Waals surface area contributed by atoms with Gasteiger partial charge in [-0.1, -0.05) is 32.0 Å². The van der Waals surface area contributed by atoms with Gasteiger partial charge in [-0.3, -0.25) is 4.79 Å². The van der Waals surface area contributed by atoms with E-state index in [0.717, 1.165) is 16.5 Å². The Kier molecular flexibility index (Phi) is 6.41. The van der Waals surface area contributed by atoms with Gasteiger partial charge in [0.15, 0.2) is 0 Å². The number of piperazine rings is 1. The molecule has 1 saturated heterocycles. The molecule has 1 fully saturated rings. The molecular weight excluding hydrogens is 372 g/mol. The number of aliphatic carboxylic acids is 1. The van der Waals surface area contributed by atoms with Crippen LogP contribution in [0.2, 0.25) is 0 Å². The summed E-state index contributed by atoms with van der Waals surface area (Å²) < 4.78 is 0. The summed E-state index contributed by atoms with van der Waals surface area (Å²) in [5, 5.41) is 12.9. The molecule has 3 amide bonds. The summed E-state index contributed by atoms with van der Waals surface area (Å²) in [6.45, 7) is 5.22. The van der Waals surface area contributed by atoms with Gasteiger partial charge < -0.3 is 25.2 Å². The van der Waals surface area contributed by atoms with Gasteiger partial charge in [0.2, 0.25) is 5.91 Å². The minimum Gasteiger partial charge on any atom is -0.480 e. The van der Waals surface area contributed by atoms with Crippen molar-refractivity contribution in [3.05, 3.63) is 36.0 Å². The molecule has 2 heterocycles. The number of carboxylic acid groups (broad SMARTS) is 1. The van der Waals surface area contributed by atoms with Gasteiger partial charge >= 0.3 is 12.0 Å². The first-order chi connectivity index (χ1) is 13.9. The molecule has 1 aliphatic rings. The molecule has 1 atom stereocenters. The second-order valence-electron chi connectivity index (χ2n) is 7.74. The number of aromatic nitrogens is 1. The van der Waals surface area contributed by atoms with Gasteiger partial charge in [-0.05, 0) is 24.0 Å². The first-order valence-electron chi connectivity index (χ1n) is 9.98. The van der Waals surface area contributed by atoms with E-state index in [2.05, 4.69) is 10.3 Å². The molecule has 0 radical (unpaired) electrons. The highest BCUT2D eigenvalue weighted by Crippen LogP contribution is 2.19. The van der Waals surface area contributed by atoms with E-state index in [4.69, 9.17) is 0 Å². The second kappa shape index (κ2) is 8.98. The van der Waals surface area contributed by atoms with Crippen molar-refractivity contribution in [1.29, 1.82) is 0 Å². The van der Waals surface area contributed by atoms with Crippen molar-refractivity contribution in [2.75, 3.05) is 26.2 Å². The Bertz CT molecular complexity index is 884. The third-order valence-electron chi connectivity index (χ3n) is 5.41. The smallest absolute Gasteiger partial charge is 0.326 e. The zero-order valence-electron chi connectivity index (χ0n) is 16.9. The van der Waals surface area contributed by atoms with E-state index in [0.29, 0.717) is 39.0 Å². The highest BCUT2D eigenvalue weighted by Gasteiger charge is 2.28. The van der Waals surface area contributed by atoms with Crippen molar-refractivity contribution < 1.29 is 19.5 Å². The summed E-state index contributed by atoms with van der Waals surface area (Å²) in [5.74, 6) is -1.18. The minimum atomic E-state index is -1.04. The number of carbonyl (C=O) groups is 3. The zero-order chi connectivity index (χ0) is 21.0. The molecule has 3 N–H and O–H groups in total. The molecule has 1 aromatic carbocycles. The van der Waals surface area contributed by atoms with Crippen molar-refractivity contribution >= 4 is 28.8 Å². The van der Waals surface area contributed by atoms with Crippen molar-refractivity contribution in [2.45, 2.75) is 32.7 Å². The number of aryl methyl sites for hydroxylation is 1. The predicted octanol–water partition coefficient (Wildman–Crippen LogP) is 2.06. The van der Waals surface area contributed by atoms with Crippen molar-refractivity contribution in [2.24, 2.45) is 5.92 Å². The lowest BCUT2D eigenvalue weighted by Gasteiger charge is -2.35. The minimum absolute atomic E-state index is 0.0703. The standard InChI is InChI=1S/C21H28N4O4/c1-14(2)19(20(27)28)23-21(29)25-11-9-24(10-12-25)18(26)8-7-15-13-22-17-6-4-3-5-16(15)17/h3-6,13-14,19,22H,7-12H2,1-2H3,(H,23,29)(H,27,28). The second-order valence-corrected chi connectivity index (χ2v) is 7.74. The summed E-state index contributed by atoms with van der Waals surface area (Å²) >= 11 is 0. The van der Waals surface area contributed by atoms with Crippen LogP contribution in [0.15, 0.2) is 30.5 Å². The number of urea groups is 1. The van der Waals surface area contributed by atoms with Crippen LogP contribution in [0.3, 0.4) is 0 Å². The van der Waals surface area contributed by atoms with E-state index in [1.165, 1.54) is 0 Å². The maximum atomic E-state index is 12.6. The zero-order valence-corrected chi connectivity index (χ0v) is 16.9. The Morgan fingerprint density at radius 1 is 1.10 bits per heavy atom. The fraction of sp³-hybridized carbons (Fsp3) is 0.476. The Morgan fingerprint density at radius 3 is 2.41 bits per heavy atom. The predicted molar refractivity (Wildman–Crippen MR) is 110 cm³/mol. The fourth-order valence-corrected chi connectivity index (χ4v) is 3.63. The Morgan fingerprint density at radius 2 is 1.76 bits per heavy atom. The van der Waals surface area contributed by atoms with Crippen molar-refractivity contribution in [1.82, 2.24) is 20.1 Å². The van der Waals surface area contributed by atoms with E-state index >= 15 is 0 Å². The number of H-pyrrole nitrogens is 1. The monoisotopic (exact) mass is 400 g/mol. The van der Waals surface area contributed by atoms with Crippen LogP contribution in [0.4, 0.5) is 4.79 Å². The largest absolute Gasteiger partial charge is 0.480 e. The Labute approximate surface area is 169 Å². The molecule has 0 aliphatic carbocycles. The van der Waals surface area contributed by atoms with Gasteiger partial charge in [0.25, 0.3) is 0 Å². The van der Waals surface area contributed by atoms with E-state index in [9.17, 15) is 19.5 Å². The average molecular weight is 400 g/mol. The van der Waals surface area contributed by atoms with E-state index < -0.39 is 18.0 Å². The van der Waals surface area contributed by atoms with Crippen LogP contribution in [0.1, 0.15) is 25.8 Å². The number of carboxylic acids is 1. The van der Waals surface area contributed by atoms with E-state index in [1.807, 2.05) is 30.5 Å². The number of hydrogen-bond acceptors (Lipinski definition) is 3. The molecule has 8 nitrogen and oxygen atoms in total. The summed E-state index contributed by atoms with van der Waals surface area (Å²) in [6, 6.07) is 6.71. The van der Waals surface area contributed by atoms with E-state index in [-0.39, 0.29) is 11.8 Å². The normalized spacial score (nSPS) is 15.6. The molecule has 3 rings (SSSR count). The maximum Gasteiger partial charge on any atom is 0.326 e. The van der Waals surface area contributed by atoms with Crippen LogP contribution in [-0.4, -0.2) is 70.0 Å². The molecule has 1 aliphatic heterocycles. The van der Waals surface area contributed by atoms with Crippen LogP contribution in [0.5, 0.6) is 0 Å². The van der Waals surface area contributed by atoms with Gasteiger partial charge in [0, 0.05) is 49.7 Å². The molecule has 1 aromatic heterocycles. The first kappa shape index (κ1) is 20.7. The van der Waals surface area contributed by atoms with Crippen LogP contribution in [0, 0.1) is 5.92 Å². The third kappa shape index (κ3) is 4.88. The first-order valence-corrected chi connectivity index (χ1v) is 9.98. The van der Waals surface area contributed by atoms with E-state index in [1.54, 1.807) is 23.6 Å². The van der Waals surface area contributed by atoms with Gasteiger partial charge in [0.05, 0.1) is 0 Å². The number of nitrogens with one attached hydrogen (secondary N) is 2. The number of carbonyl (C=O) groups excluding carboxylic acids is 2. The molecule has 2 aromatic rings. The molecule has 0 bridgehead atoms. The number of rotatable bonds is 6. The molecule has 8 heteroatoms. The summed E-state index contributed by atoms with van der Waals surface area (Å²) in [5.41, 5.74) is 2.19. The number of hydrogen-bond donors (Lipinski definition) is 3. The number of amides is 3. The molecular formula is C21H28N4O4. The number of fused-ring (bicyclic) bond motifs is 1. The molecule has 156 valence electrons. The summed E-state index contributed by atoms with van der Waals surface area (Å²) in [6.07, 6.45) is 3.04. The lowest BCUT2D eigenvalue weighted by Crippen LogP contribution is -2.56. The Hall–Kier alpha value is -3.03.